The minimum Gasteiger partial charge on any atom is -0.394 e. The van der Waals surface area contributed by atoms with Crippen LogP contribution in [0.25, 0.3) is 0 Å². The molecular weight excluding hydrogens is 162 g/mol. The fraction of sp³-hybridized carbons (Fsp3) is 0.455. The summed E-state index contributed by atoms with van der Waals surface area (Å²) in [5.74, 6) is 0. The van der Waals surface area contributed by atoms with Crippen LogP contribution in [0.2, 0.25) is 0 Å². The molecular formula is C11H17NO. The molecule has 72 valence electrons. The van der Waals surface area contributed by atoms with Crippen LogP contribution in [-0.4, -0.2) is 17.8 Å². The van der Waals surface area contributed by atoms with Crippen LogP contribution in [0.1, 0.15) is 18.1 Å². The van der Waals surface area contributed by atoms with Gasteiger partial charge in [0.25, 0.3) is 0 Å². The smallest absolute Gasteiger partial charge is 0.0630 e. The third-order valence-electron chi connectivity index (χ3n) is 2.28. The molecule has 0 fully saturated rings. The third kappa shape index (κ3) is 2.46. The summed E-state index contributed by atoms with van der Waals surface area (Å²) in [6.45, 7) is 6.29. The highest BCUT2D eigenvalue weighted by Crippen LogP contribution is 2.18. The predicted octanol–water partition coefficient (Wildman–Crippen LogP) is 2.10. The Balaban J connectivity index is 2.83. The number of benzene rings is 1. The standard InChI is InChI=1S/C11H17NO/c1-8-5-4-6-11(10(8)3)12-9(2)7-13/h4-6,9,12-13H,7H2,1-3H3. The summed E-state index contributed by atoms with van der Waals surface area (Å²) in [7, 11) is 0. The topological polar surface area (TPSA) is 32.3 Å². The lowest BCUT2D eigenvalue weighted by atomic mass is 10.1. The molecule has 0 radical (unpaired) electrons. The first kappa shape index (κ1) is 10.1. The highest BCUT2D eigenvalue weighted by atomic mass is 16.3. The number of nitrogens with one attached hydrogen (secondary N) is 1. The minimum absolute atomic E-state index is 0.112. The van der Waals surface area contributed by atoms with Crippen molar-refractivity contribution in [3.8, 4) is 0 Å². The normalized spacial score (nSPS) is 12.6. The van der Waals surface area contributed by atoms with Crippen LogP contribution in [-0.2, 0) is 0 Å². The maximum Gasteiger partial charge on any atom is 0.0630 e. The molecule has 0 aliphatic heterocycles. The van der Waals surface area contributed by atoms with E-state index in [0.29, 0.717) is 0 Å². The van der Waals surface area contributed by atoms with Gasteiger partial charge in [-0.15, -0.1) is 0 Å². The summed E-state index contributed by atoms with van der Waals surface area (Å²) in [5.41, 5.74) is 3.64. The van der Waals surface area contributed by atoms with Crippen molar-refractivity contribution in [1.82, 2.24) is 0 Å². The second-order valence-electron chi connectivity index (χ2n) is 3.48. The quantitative estimate of drug-likeness (QED) is 0.744. The van der Waals surface area contributed by atoms with Crippen molar-refractivity contribution >= 4 is 5.69 Å². The molecule has 0 spiro atoms. The van der Waals surface area contributed by atoms with Gasteiger partial charge in [0.1, 0.15) is 0 Å². The van der Waals surface area contributed by atoms with E-state index in [0.717, 1.165) is 5.69 Å². The number of aliphatic hydroxyl groups excluding tert-OH is 1. The summed E-state index contributed by atoms with van der Waals surface area (Å²) in [6.07, 6.45) is 0. The number of aryl methyl sites for hydroxylation is 1. The number of aliphatic hydroxyl groups is 1. The Morgan fingerprint density at radius 1 is 1.38 bits per heavy atom. The first-order valence-electron chi connectivity index (χ1n) is 4.58. The van der Waals surface area contributed by atoms with Crippen molar-refractivity contribution in [1.29, 1.82) is 0 Å². The van der Waals surface area contributed by atoms with Crippen LogP contribution >= 0.6 is 0 Å². The summed E-state index contributed by atoms with van der Waals surface area (Å²) in [5, 5.41) is 12.1. The van der Waals surface area contributed by atoms with Crippen LogP contribution in [0.3, 0.4) is 0 Å². The number of anilines is 1. The summed E-state index contributed by atoms with van der Waals surface area (Å²) in [6, 6.07) is 6.26. The Kier molecular flexibility index (Phi) is 3.32. The first-order chi connectivity index (χ1) is 6.15. The zero-order valence-electron chi connectivity index (χ0n) is 8.46. The Morgan fingerprint density at radius 2 is 2.08 bits per heavy atom. The van der Waals surface area contributed by atoms with Crippen LogP contribution < -0.4 is 5.32 Å². The van der Waals surface area contributed by atoms with E-state index in [9.17, 15) is 0 Å². The molecule has 0 aliphatic rings. The van der Waals surface area contributed by atoms with Gasteiger partial charge >= 0.3 is 0 Å². The van der Waals surface area contributed by atoms with Crippen LogP contribution in [0, 0.1) is 13.8 Å². The van der Waals surface area contributed by atoms with Gasteiger partial charge in [-0.25, -0.2) is 0 Å². The lowest BCUT2D eigenvalue weighted by Gasteiger charge is -2.15. The molecule has 1 rings (SSSR count). The fourth-order valence-corrected chi connectivity index (χ4v) is 1.22. The van der Waals surface area contributed by atoms with Crippen LogP contribution in [0.4, 0.5) is 5.69 Å². The fourth-order valence-electron chi connectivity index (χ4n) is 1.22. The zero-order chi connectivity index (χ0) is 9.84. The van der Waals surface area contributed by atoms with Crippen molar-refractivity contribution < 1.29 is 5.11 Å². The van der Waals surface area contributed by atoms with Gasteiger partial charge in [0.2, 0.25) is 0 Å². The Hall–Kier alpha value is -1.02. The Labute approximate surface area is 79.6 Å². The maximum absolute atomic E-state index is 8.89. The molecule has 0 amide bonds. The van der Waals surface area contributed by atoms with Crippen molar-refractivity contribution in [2.45, 2.75) is 26.8 Å². The van der Waals surface area contributed by atoms with Gasteiger partial charge in [0.15, 0.2) is 0 Å². The van der Waals surface area contributed by atoms with E-state index in [-0.39, 0.29) is 12.6 Å². The molecule has 1 aromatic rings. The molecule has 2 heteroatoms. The second kappa shape index (κ2) is 4.28. The average molecular weight is 179 g/mol. The van der Waals surface area contributed by atoms with E-state index in [1.54, 1.807) is 0 Å². The van der Waals surface area contributed by atoms with Crippen molar-refractivity contribution in [2.24, 2.45) is 0 Å². The van der Waals surface area contributed by atoms with Gasteiger partial charge in [-0.1, -0.05) is 12.1 Å². The lowest BCUT2D eigenvalue weighted by Crippen LogP contribution is -2.19. The lowest BCUT2D eigenvalue weighted by molar-refractivity contribution is 0.281. The molecule has 0 bridgehead atoms. The molecule has 1 atom stereocenters. The second-order valence-corrected chi connectivity index (χ2v) is 3.48. The van der Waals surface area contributed by atoms with E-state index in [1.165, 1.54) is 11.1 Å². The van der Waals surface area contributed by atoms with E-state index in [1.807, 2.05) is 19.1 Å². The minimum atomic E-state index is 0.112. The van der Waals surface area contributed by atoms with Gasteiger partial charge in [0.05, 0.1) is 6.61 Å². The molecule has 0 saturated carbocycles. The Bertz CT molecular complexity index is 283. The molecule has 0 aliphatic carbocycles. The Morgan fingerprint density at radius 3 is 2.69 bits per heavy atom. The molecule has 0 heterocycles. The predicted molar refractivity (Wildman–Crippen MR) is 56.1 cm³/mol. The molecule has 0 aromatic heterocycles. The highest BCUT2D eigenvalue weighted by Gasteiger charge is 2.03. The van der Waals surface area contributed by atoms with Crippen molar-refractivity contribution in [2.75, 3.05) is 11.9 Å². The molecule has 2 nitrogen and oxygen atoms in total. The first-order valence-corrected chi connectivity index (χ1v) is 4.58. The largest absolute Gasteiger partial charge is 0.394 e. The molecule has 0 saturated heterocycles. The molecule has 1 unspecified atom stereocenters. The number of rotatable bonds is 3. The van der Waals surface area contributed by atoms with E-state index < -0.39 is 0 Å². The number of hydrogen-bond donors (Lipinski definition) is 2. The average Bonchev–Trinajstić information content (AvgIpc) is 2.13. The summed E-state index contributed by atoms with van der Waals surface area (Å²) >= 11 is 0. The molecule has 2 N–H and O–H groups in total. The van der Waals surface area contributed by atoms with Crippen molar-refractivity contribution in [3.63, 3.8) is 0 Å². The monoisotopic (exact) mass is 179 g/mol. The highest BCUT2D eigenvalue weighted by molar-refractivity contribution is 5.54. The van der Waals surface area contributed by atoms with Crippen LogP contribution in [0.5, 0.6) is 0 Å². The van der Waals surface area contributed by atoms with Gasteiger partial charge in [-0.05, 0) is 38.0 Å². The zero-order valence-corrected chi connectivity index (χ0v) is 8.46. The van der Waals surface area contributed by atoms with E-state index in [4.69, 9.17) is 5.11 Å². The molecule has 13 heavy (non-hydrogen) atoms. The molecule has 1 aromatic carbocycles. The summed E-state index contributed by atoms with van der Waals surface area (Å²) < 4.78 is 0. The maximum atomic E-state index is 8.89. The van der Waals surface area contributed by atoms with Gasteiger partial charge in [-0.2, -0.15) is 0 Å². The van der Waals surface area contributed by atoms with Gasteiger partial charge in [-0.3, -0.25) is 0 Å². The SMILES string of the molecule is Cc1cccc(NC(C)CO)c1C. The number of hydrogen-bond acceptors (Lipinski definition) is 2. The van der Waals surface area contributed by atoms with Gasteiger partial charge in [0, 0.05) is 11.7 Å². The third-order valence-corrected chi connectivity index (χ3v) is 2.28. The van der Waals surface area contributed by atoms with E-state index >= 15 is 0 Å². The summed E-state index contributed by atoms with van der Waals surface area (Å²) in [4.78, 5) is 0. The van der Waals surface area contributed by atoms with E-state index in [2.05, 4.69) is 25.2 Å². The van der Waals surface area contributed by atoms with Crippen molar-refractivity contribution in [3.05, 3.63) is 29.3 Å². The van der Waals surface area contributed by atoms with Crippen LogP contribution in [0.15, 0.2) is 18.2 Å². The van der Waals surface area contributed by atoms with Gasteiger partial charge < -0.3 is 10.4 Å².